The van der Waals surface area contributed by atoms with Gasteiger partial charge in [-0.1, -0.05) is 48.5 Å². The van der Waals surface area contributed by atoms with E-state index in [1.165, 1.54) is 24.3 Å². The number of carboxylic acids is 1. The van der Waals surface area contributed by atoms with Gasteiger partial charge in [0.2, 0.25) is 35.4 Å². The van der Waals surface area contributed by atoms with E-state index < -0.39 is 84.2 Å². The molecule has 25 heteroatoms. The number of aliphatic imine (C=N–C) groups is 2. The zero-order valence-electron chi connectivity index (χ0n) is 38.8. The number of carbonyl (C=O) groups excluding carboxylic acids is 6. The van der Waals surface area contributed by atoms with Crippen molar-refractivity contribution in [3.63, 3.8) is 0 Å². The summed E-state index contributed by atoms with van der Waals surface area (Å²) < 4.78 is 0. The zero-order chi connectivity index (χ0) is 51.0. The van der Waals surface area contributed by atoms with Crippen molar-refractivity contribution >= 4 is 76.0 Å². The molecule has 0 spiro atoms. The van der Waals surface area contributed by atoms with Gasteiger partial charge in [-0.25, -0.2) is 4.98 Å². The number of H-pyrrole nitrogens is 2. The number of carboxylic acid groups (broad SMARTS) is 1. The van der Waals surface area contributed by atoms with Crippen LogP contribution in [0.5, 0.6) is 0 Å². The summed E-state index contributed by atoms with van der Waals surface area (Å²) in [6, 6.07) is 8.55. The van der Waals surface area contributed by atoms with Crippen LogP contribution in [0.4, 0.5) is 0 Å². The Bertz CT molecular complexity index is 2410. The van der Waals surface area contributed by atoms with Gasteiger partial charge in [0.25, 0.3) is 0 Å². The molecule has 24 nitrogen and oxygen atoms in total. The maximum Gasteiger partial charge on any atom is 0.322 e. The largest absolute Gasteiger partial charge is 0.480 e. The van der Waals surface area contributed by atoms with Crippen molar-refractivity contribution in [2.24, 2.45) is 38.7 Å². The molecule has 2 aromatic heterocycles. The van der Waals surface area contributed by atoms with Crippen LogP contribution in [0.15, 0.2) is 83.3 Å². The van der Waals surface area contributed by atoms with Gasteiger partial charge in [0.05, 0.1) is 12.4 Å². The fraction of sp³-hybridized carbons (Fsp3) is 0.422. The van der Waals surface area contributed by atoms with Gasteiger partial charge in [0.1, 0.15) is 36.8 Å². The summed E-state index contributed by atoms with van der Waals surface area (Å²) in [5.74, 6) is -5.57. The van der Waals surface area contributed by atoms with Crippen molar-refractivity contribution in [2.75, 3.05) is 31.6 Å². The molecular weight excluding hydrogens is 925 g/mol. The molecule has 0 aliphatic rings. The van der Waals surface area contributed by atoms with Crippen LogP contribution in [0, 0.1) is 0 Å². The van der Waals surface area contributed by atoms with E-state index in [0.29, 0.717) is 29.0 Å². The SMILES string of the molecule is CSCCC(N)C(=O)NC(CCCN=C(N)N)C(=O)NC(Cc1cnc[nH]1)C(=O)NC(Cc1ccccc1)C(=O)NC(CCCN=C(N)N)C(=O)NC(Cc1c[nH]c2ccccc12)C(=O)NCC(=O)O. The first-order valence-electron chi connectivity index (χ1n) is 22.5. The number of nitrogens with zero attached hydrogens (tertiary/aromatic N) is 3. The van der Waals surface area contributed by atoms with Gasteiger partial charge in [0, 0.05) is 61.3 Å². The number of amides is 6. The Morgan fingerprint density at radius 2 is 1.19 bits per heavy atom. The number of nitrogens with one attached hydrogen (secondary N) is 8. The highest BCUT2D eigenvalue weighted by Gasteiger charge is 2.34. The summed E-state index contributed by atoms with van der Waals surface area (Å²) in [7, 11) is 0. The third-order valence-corrected chi connectivity index (χ3v) is 11.4. The smallest absolute Gasteiger partial charge is 0.322 e. The minimum absolute atomic E-state index is 0.0490. The van der Waals surface area contributed by atoms with Crippen LogP contribution >= 0.6 is 11.8 Å². The fourth-order valence-electron chi connectivity index (χ4n) is 7.19. The van der Waals surface area contributed by atoms with Crippen LogP contribution in [-0.2, 0) is 52.8 Å². The second kappa shape index (κ2) is 28.6. The molecule has 0 saturated heterocycles. The van der Waals surface area contributed by atoms with Crippen molar-refractivity contribution in [1.29, 1.82) is 0 Å². The Morgan fingerprint density at radius 3 is 1.74 bits per heavy atom. The molecule has 0 saturated carbocycles. The minimum Gasteiger partial charge on any atom is -0.480 e. The van der Waals surface area contributed by atoms with E-state index in [9.17, 15) is 38.7 Å². The molecule has 6 amide bonds. The van der Waals surface area contributed by atoms with Crippen LogP contribution in [0.1, 0.15) is 48.9 Å². The quantitative estimate of drug-likeness (QED) is 0.0149. The molecule has 2 aromatic carbocycles. The van der Waals surface area contributed by atoms with Crippen LogP contribution in [0.3, 0.4) is 0 Å². The van der Waals surface area contributed by atoms with E-state index in [1.54, 1.807) is 42.6 Å². The first kappa shape index (κ1) is 54.9. The van der Waals surface area contributed by atoms with Crippen LogP contribution < -0.4 is 60.6 Å². The van der Waals surface area contributed by atoms with Gasteiger partial charge in [-0.2, -0.15) is 11.8 Å². The maximum absolute atomic E-state index is 14.5. The molecule has 0 aliphatic heterocycles. The lowest BCUT2D eigenvalue weighted by molar-refractivity contribution is -0.138. The Hall–Kier alpha value is -7.67. The molecule has 0 bridgehead atoms. The maximum atomic E-state index is 14.5. The van der Waals surface area contributed by atoms with E-state index in [4.69, 9.17) is 28.7 Å². The minimum atomic E-state index is -1.37. The number of carbonyl (C=O) groups is 7. The van der Waals surface area contributed by atoms with E-state index in [1.807, 2.05) is 24.5 Å². The molecule has 0 radical (unpaired) electrons. The van der Waals surface area contributed by atoms with Gasteiger partial charge in [-0.05, 0) is 61.3 Å². The standard InChI is InChI=1S/C45H64N16O8S/c1-70-18-15-30(46)38(64)57-32(13-7-16-52-44(47)48)40(66)61-36(21-28-23-51-25-56-28)43(69)59-34(19-26-9-3-2-4-10-26)42(68)58-33(14-8-17-53-45(49)50)41(67)60-35(39(65)55-24-37(62)63)20-27-22-54-31-12-6-5-11-29(27)31/h2-6,9-12,22-23,25,30,32-36,54H,7-8,13-21,24,46H2,1H3,(H,51,56)(H,55,65)(H,57,64)(H,58,68)(H,59,69)(H,60,67)(H,61,66)(H,62,63)(H4,47,48,52)(H4,49,50,53). The zero-order valence-corrected chi connectivity index (χ0v) is 39.6. The highest BCUT2D eigenvalue weighted by Crippen LogP contribution is 2.20. The van der Waals surface area contributed by atoms with Gasteiger partial charge in [-0.15, -0.1) is 0 Å². The van der Waals surface area contributed by atoms with Gasteiger partial charge in [-0.3, -0.25) is 43.5 Å². The van der Waals surface area contributed by atoms with Crippen molar-refractivity contribution in [3.05, 3.63) is 90.1 Å². The molecule has 19 N–H and O–H groups in total. The van der Waals surface area contributed by atoms with E-state index in [0.717, 1.165) is 10.9 Å². The number of hydrogen-bond acceptors (Lipinski definition) is 12. The number of aromatic nitrogens is 3. The molecule has 2 heterocycles. The molecule has 6 unspecified atom stereocenters. The second-order valence-corrected chi connectivity index (χ2v) is 17.2. The average molecular weight is 989 g/mol. The lowest BCUT2D eigenvalue weighted by Crippen LogP contribution is -2.60. The molecule has 4 rings (SSSR count). The number of guanidine groups is 2. The number of imidazole rings is 1. The number of aliphatic carboxylic acids is 1. The highest BCUT2D eigenvalue weighted by molar-refractivity contribution is 7.98. The number of rotatable bonds is 30. The van der Waals surface area contributed by atoms with E-state index >= 15 is 0 Å². The van der Waals surface area contributed by atoms with Crippen molar-refractivity contribution in [2.45, 2.75) is 87.6 Å². The summed E-state index contributed by atoms with van der Waals surface area (Å²) in [6.07, 6.45) is 6.93. The topological polar surface area (TPSA) is 411 Å². The highest BCUT2D eigenvalue weighted by atomic mass is 32.2. The third-order valence-electron chi connectivity index (χ3n) is 10.8. The predicted molar refractivity (Wildman–Crippen MR) is 266 cm³/mol. The number of hydrogen-bond donors (Lipinski definition) is 14. The number of para-hydroxylation sites is 1. The summed E-state index contributed by atoms with van der Waals surface area (Å²) in [5, 5.41) is 26.0. The van der Waals surface area contributed by atoms with Gasteiger partial charge < -0.3 is 75.6 Å². The molecule has 0 fully saturated rings. The molecule has 6 atom stereocenters. The average Bonchev–Trinajstić information content (AvgIpc) is 4.01. The lowest BCUT2D eigenvalue weighted by atomic mass is 10.0. The molecular formula is C45H64N16O8S. The molecule has 0 aliphatic carbocycles. The first-order valence-corrected chi connectivity index (χ1v) is 23.9. The van der Waals surface area contributed by atoms with E-state index in [-0.39, 0.29) is 70.0 Å². The Labute approximate surface area is 408 Å². The Balaban J connectivity index is 1.64. The number of aromatic amines is 2. The van der Waals surface area contributed by atoms with Gasteiger partial charge in [0.15, 0.2) is 11.9 Å². The number of thioether (sulfide) groups is 1. The fourth-order valence-corrected chi connectivity index (χ4v) is 7.68. The molecule has 4 aromatic rings. The number of fused-ring (bicyclic) bond motifs is 1. The van der Waals surface area contributed by atoms with Crippen molar-refractivity contribution < 1.29 is 38.7 Å². The Morgan fingerprint density at radius 1 is 0.657 bits per heavy atom. The van der Waals surface area contributed by atoms with Crippen LogP contribution in [0.2, 0.25) is 0 Å². The van der Waals surface area contributed by atoms with Crippen LogP contribution in [0.25, 0.3) is 10.9 Å². The van der Waals surface area contributed by atoms with Crippen LogP contribution in [-0.4, -0.2) is 141 Å². The number of nitrogens with two attached hydrogens (primary N) is 5. The van der Waals surface area contributed by atoms with E-state index in [2.05, 4.69) is 56.8 Å². The summed E-state index contributed by atoms with van der Waals surface area (Å²) in [6.45, 7) is -0.509. The second-order valence-electron chi connectivity index (χ2n) is 16.2. The van der Waals surface area contributed by atoms with Gasteiger partial charge >= 0.3 is 5.97 Å². The number of benzene rings is 2. The summed E-state index contributed by atoms with van der Waals surface area (Å²) in [5.41, 5.74) is 30.7. The Kier molecular flexibility index (Phi) is 22.5. The lowest BCUT2D eigenvalue weighted by Gasteiger charge is -2.27. The predicted octanol–water partition coefficient (Wildman–Crippen LogP) is -2.27. The normalized spacial score (nSPS) is 13.5. The third kappa shape index (κ3) is 18.8. The summed E-state index contributed by atoms with van der Waals surface area (Å²) >= 11 is 1.50. The van der Waals surface area contributed by atoms with Crippen molar-refractivity contribution in [1.82, 2.24) is 46.9 Å². The summed E-state index contributed by atoms with van der Waals surface area (Å²) in [4.78, 5) is 114. The van der Waals surface area contributed by atoms with Crippen molar-refractivity contribution in [3.8, 4) is 0 Å². The first-order chi connectivity index (χ1) is 33.5. The molecule has 70 heavy (non-hydrogen) atoms. The monoisotopic (exact) mass is 988 g/mol. The molecule has 378 valence electrons.